The minimum Gasteiger partial charge on any atom is -0.322 e. The lowest BCUT2D eigenvalue weighted by molar-refractivity contribution is -0.923. The van der Waals surface area contributed by atoms with Crippen molar-refractivity contribution in [3.63, 3.8) is 0 Å². The molecule has 1 aromatic rings. The van der Waals surface area contributed by atoms with Gasteiger partial charge in [-0.1, -0.05) is 105 Å². The Morgan fingerprint density at radius 2 is 1.04 bits per heavy atom. The summed E-state index contributed by atoms with van der Waals surface area (Å²) in [5.41, 5.74) is 2.87. The molecule has 0 aliphatic carbocycles. The first kappa shape index (κ1) is 24.7. The fourth-order valence-corrected chi connectivity index (χ4v) is 4.37. The molecular weight excluding hydrogens is 394 g/mol. The molecule has 0 unspecified atom stereocenters. The summed E-state index contributed by atoms with van der Waals surface area (Å²) in [4.78, 5) is 0. The van der Waals surface area contributed by atoms with Crippen molar-refractivity contribution < 1.29 is 4.48 Å². The predicted molar refractivity (Wildman–Crippen MR) is 125 cm³/mol. The van der Waals surface area contributed by atoms with E-state index in [1.165, 1.54) is 112 Å². The van der Waals surface area contributed by atoms with Gasteiger partial charge in [0.25, 0.3) is 0 Å². The summed E-state index contributed by atoms with van der Waals surface area (Å²) in [6.07, 6.45) is 16.8. The third-order valence-electron chi connectivity index (χ3n) is 5.84. The van der Waals surface area contributed by atoms with Crippen molar-refractivity contribution in [1.29, 1.82) is 0 Å². The number of nitrogens with zero attached hydrogens (tertiary/aromatic N) is 1. The van der Waals surface area contributed by atoms with Gasteiger partial charge in [-0.05, 0) is 31.2 Å². The molecule has 1 nitrogen and oxygen atoms in total. The van der Waals surface area contributed by atoms with Crippen molar-refractivity contribution in [2.24, 2.45) is 0 Å². The Hall–Kier alpha value is -0.340. The second kappa shape index (κ2) is 15.6. The number of benzene rings is 1. The Labute approximate surface area is 178 Å². The van der Waals surface area contributed by atoms with Crippen molar-refractivity contribution in [2.75, 3.05) is 20.1 Å². The largest absolute Gasteiger partial charge is 0.322 e. The van der Waals surface area contributed by atoms with Crippen LogP contribution in [-0.4, -0.2) is 24.6 Å². The molecule has 0 radical (unpaired) electrons. The Bertz CT molecular complexity index is 438. The molecule has 0 aliphatic rings. The average molecular weight is 440 g/mol. The van der Waals surface area contributed by atoms with Gasteiger partial charge in [0.15, 0.2) is 0 Å². The van der Waals surface area contributed by atoms with Gasteiger partial charge in [-0.15, -0.1) is 0 Å². The Kier molecular flexibility index (Phi) is 14.2. The van der Waals surface area contributed by atoms with Gasteiger partial charge >= 0.3 is 0 Å². The second-order valence-corrected chi connectivity index (χ2v) is 9.27. The van der Waals surface area contributed by atoms with Gasteiger partial charge in [-0.3, -0.25) is 0 Å². The van der Waals surface area contributed by atoms with E-state index in [0.717, 1.165) is 5.33 Å². The van der Waals surface area contributed by atoms with Gasteiger partial charge in [0, 0.05) is 10.9 Å². The number of alkyl halides is 1. The molecule has 1 aromatic carbocycles. The lowest BCUT2D eigenvalue weighted by Crippen LogP contribution is -2.44. The second-order valence-electron chi connectivity index (χ2n) is 8.71. The van der Waals surface area contributed by atoms with Crippen LogP contribution in [0.5, 0.6) is 0 Å². The summed E-state index contributed by atoms with van der Waals surface area (Å²) in [5.74, 6) is 0. The van der Waals surface area contributed by atoms with E-state index in [1.807, 2.05) is 0 Å². The Morgan fingerprint density at radius 3 is 1.48 bits per heavy atom. The third-order valence-corrected chi connectivity index (χ3v) is 6.49. The number of unbranched alkanes of at least 4 members (excludes halogenated alkanes) is 10. The van der Waals surface area contributed by atoms with E-state index >= 15 is 0 Å². The number of quaternary nitrogens is 1. The monoisotopic (exact) mass is 438 g/mol. The molecule has 156 valence electrons. The zero-order valence-electron chi connectivity index (χ0n) is 18.4. The van der Waals surface area contributed by atoms with Gasteiger partial charge in [0.2, 0.25) is 0 Å². The molecule has 0 bridgehead atoms. The first-order valence-electron chi connectivity index (χ1n) is 11.6. The third kappa shape index (κ3) is 12.0. The molecule has 0 fully saturated rings. The van der Waals surface area contributed by atoms with Crippen LogP contribution in [0.15, 0.2) is 24.3 Å². The van der Waals surface area contributed by atoms with Crippen molar-refractivity contribution in [3.8, 4) is 0 Å². The van der Waals surface area contributed by atoms with Crippen LogP contribution in [0.4, 0.5) is 0 Å². The van der Waals surface area contributed by atoms with Crippen LogP contribution in [-0.2, 0) is 11.9 Å². The topological polar surface area (TPSA) is 0 Å². The van der Waals surface area contributed by atoms with Gasteiger partial charge in [0.1, 0.15) is 6.54 Å². The highest BCUT2D eigenvalue weighted by Crippen LogP contribution is 2.19. The van der Waals surface area contributed by atoms with Crippen LogP contribution >= 0.6 is 15.9 Å². The molecule has 0 aromatic heterocycles. The molecule has 2 heteroatoms. The maximum Gasteiger partial charge on any atom is 0.104 e. The molecule has 0 N–H and O–H groups in total. The highest BCUT2D eigenvalue weighted by Gasteiger charge is 2.21. The number of rotatable bonds is 17. The summed E-state index contributed by atoms with van der Waals surface area (Å²) in [5, 5.41) is 0.953. The average Bonchev–Trinajstić information content (AvgIpc) is 2.68. The lowest BCUT2D eigenvalue weighted by atomic mass is 10.1. The highest BCUT2D eigenvalue weighted by atomic mass is 79.9. The summed E-state index contributed by atoms with van der Waals surface area (Å²) < 4.78 is 1.22. The molecule has 0 amide bonds. The zero-order valence-corrected chi connectivity index (χ0v) is 20.0. The normalized spacial score (nSPS) is 11.9. The van der Waals surface area contributed by atoms with E-state index < -0.39 is 0 Å². The van der Waals surface area contributed by atoms with Crippen LogP contribution in [0.2, 0.25) is 0 Å². The first-order valence-corrected chi connectivity index (χ1v) is 12.7. The molecule has 0 heterocycles. The fraction of sp³-hybridized carbons (Fsp3) is 0.760. The maximum absolute atomic E-state index is 3.56. The minimum absolute atomic E-state index is 0.953. The van der Waals surface area contributed by atoms with E-state index in [4.69, 9.17) is 0 Å². The van der Waals surface area contributed by atoms with Crippen molar-refractivity contribution in [3.05, 3.63) is 35.4 Å². The van der Waals surface area contributed by atoms with Crippen LogP contribution in [0.1, 0.15) is 102 Å². The molecule has 0 saturated heterocycles. The Morgan fingerprint density at radius 1 is 0.630 bits per heavy atom. The first-order chi connectivity index (χ1) is 13.1. The quantitative estimate of drug-likeness (QED) is 0.130. The predicted octanol–water partition coefficient (Wildman–Crippen LogP) is 8.25. The van der Waals surface area contributed by atoms with Gasteiger partial charge in [0.05, 0.1) is 20.1 Å². The summed E-state index contributed by atoms with van der Waals surface area (Å²) in [6.45, 7) is 8.46. The molecule has 0 saturated carbocycles. The van der Waals surface area contributed by atoms with Gasteiger partial charge in [-0.2, -0.15) is 0 Å². The highest BCUT2D eigenvalue weighted by molar-refractivity contribution is 9.08. The van der Waals surface area contributed by atoms with E-state index in [9.17, 15) is 0 Å². The Balaban J connectivity index is 2.49. The number of hydrogen-bond acceptors (Lipinski definition) is 0. The number of halogens is 1. The standard InChI is InChI=1S/C25H45BrN/c1-4-6-8-10-12-14-20-27(3,21-15-13-11-9-7-5-2)23-25-18-16-24(22-26)17-19-25/h16-19H,4-15,20-23H2,1-3H3/q+1. The van der Waals surface area contributed by atoms with Gasteiger partial charge in [-0.25, -0.2) is 0 Å². The summed E-state index contributed by atoms with van der Waals surface area (Å²) in [6, 6.07) is 9.25. The van der Waals surface area contributed by atoms with Crippen molar-refractivity contribution >= 4 is 15.9 Å². The van der Waals surface area contributed by atoms with Gasteiger partial charge < -0.3 is 4.48 Å². The van der Waals surface area contributed by atoms with E-state index in [-0.39, 0.29) is 0 Å². The van der Waals surface area contributed by atoms with Crippen LogP contribution in [0, 0.1) is 0 Å². The van der Waals surface area contributed by atoms with Crippen molar-refractivity contribution in [1.82, 2.24) is 0 Å². The summed E-state index contributed by atoms with van der Waals surface area (Å²) >= 11 is 3.56. The van der Waals surface area contributed by atoms with E-state index in [0.29, 0.717) is 0 Å². The maximum atomic E-state index is 3.56. The zero-order chi connectivity index (χ0) is 19.8. The van der Waals surface area contributed by atoms with E-state index in [2.05, 4.69) is 61.1 Å². The molecule has 1 rings (SSSR count). The lowest BCUT2D eigenvalue weighted by Gasteiger charge is -2.35. The van der Waals surface area contributed by atoms with Crippen LogP contribution in [0.25, 0.3) is 0 Å². The number of hydrogen-bond donors (Lipinski definition) is 0. The molecule has 0 spiro atoms. The smallest absolute Gasteiger partial charge is 0.104 e. The fourth-order valence-electron chi connectivity index (χ4n) is 3.99. The molecule has 0 aliphatic heterocycles. The van der Waals surface area contributed by atoms with Crippen LogP contribution in [0.3, 0.4) is 0 Å². The SMILES string of the molecule is CCCCCCCC[N+](C)(CCCCCCCC)Cc1ccc(CBr)cc1. The minimum atomic E-state index is 0.953. The molecule has 0 atom stereocenters. The molecular formula is C25H45BrN+. The van der Waals surface area contributed by atoms with E-state index in [1.54, 1.807) is 0 Å². The molecule has 27 heavy (non-hydrogen) atoms. The summed E-state index contributed by atoms with van der Waals surface area (Å²) in [7, 11) is 2.50. The van der Waals surface area contributed by atoms with Crippen LogP contribution < -0.4 is 0 Å². The van der Waals surface area contributed by atoms with Crippen molar-refractivity contribution in [2.45, 2.75) is 103 Å².